The minimum atomic E-state index is -0.730. The van der Waals surface area contributed by atoms with Crippen molar-refractivity contribution in [2.24, 2.45) is 0 Å². The Morgan fingerprint density at radius 2 is 2.40 bits per heavy atom. The zero-order valence-corrected chi connectivity index (χ0v) is 10.4. The predicted octanol–water partition coefficient (Wildman–Crippen LogP) is 1.59. The fraction of sp³-hybridized carbons (Fsp3) is 0.778. The van der Waals surface area contributed by atoms with Gasteiger partial charge in [0.2, 0.25) is 0 Å². The van der Waals surface area contributed by atoms with Gasteiger partial charge in [0.15, 0.2) is 4.77 Å². The summed E-state index contributed by atoms with van der Waals surface area (Å²) < 4.78 is 14.0. The maximum Gasteiger partial charge on any atom is 0.195 e. The molecule has 15 heavy (non-hydrogen) atoms. The molecular weight excluding hydrogens is 230 g/mol. The molecule has 6 heteroatoms. The molecule has 1 saturated carbocycles. The van der Waals surface area contributed by atoms with Crippen LogP contribution < -0.4 is 0 Å². The molecule has 1 atom stereocenters. The van der Waals surface area contributed by atoms with Crippen molar-refractivity contribution < 1.29 is 4.21 Å². The van der Waals surface area contributed by atoms with Gasteiger partial charge >= 0.3 is 0 Å². The van der Waals surface area contributed by atoms with E-state index < -0.39 is 10.8 Å². The molecule has 2 rings (SSSR count). The maximum atomic E-state index is 11.3. The summed E-state index contributed by atoms with van der Waals surface area (Å²) in [6.45, 7) is 2.66. The molecule has 1 aliphatic rings. The Bertz CT molecular complexity index is 419. The van der Waals surface area contributed by atoms with Crippen LogP contribution in [0.15, 0.2) is 0 Å². The van der Waals surface area contributed by atoms with Gasteiger partial charge in [-0.15, -0.1) is 0 Å². The lowest BCUT2D eigenvalue weighted by atomic mass is 10.4. The topological polar surface area (TPSA) is 50.7 Å². The van der Waals surface area contributed by atoms with Gasteiger partial charge in [0.05, 0.1) is 0 Å². The number of nitrogens with zero attached hydrogens (tertiary/aromatic N) is 2. The number of nitrogens with one attached hydrogen (secondary N) is 1. The van der Waals surface area contributed by atoms with E-state index in [0.29, 0.717) is 22.2 Å². The SMILES string of the molecule is CCS(=O)CCn1c(C2CC2)n[nH]c1=S. The molecule has 0 spiro atoms. The van der Waals surface area contributed by atoms with E-state index in [1.165, 1.54) is 12.8 Å². The summed E-state index contributed by atoms with van der Waals surface area (Å²) in [5.41, 5.74) is 0. The number of hydrogen-bond acceptors (Lipinski definition) is 3. The lowest BCUT2D eigenvalue weighted by molar-refractivity contribution is 0.662. The molecule has 0 aromatic carbocycles. The lowest BCUT2D eigenvalue weighted by Crippen LogP contribution is -2.11. The van der Waals surface area contributed by atoms with Crippen molar-refractivity contribution in [3.05, 3.63) is 10.6 Å². The quantitative estimate of drug-likeness (QED) is 0.801. The molecule has 4 nitrogen and oxygen atoms in total. The van der Waals surface area contributed by atoms with Gasteiger partial charge in [0.25, 0.3) is 0 Å². The molecule has 1 heterocycles. The van der Waals surface area contributed by atoms with Crippen LogP contribution in [0.4, 0.5) is 0 Å². The predicted molar refractivity (Wildman–Crippen MR) is 62.9 cm³/mol. The van der Waals surface area contributed by atoms with Crippen LogP contribution in [0.2, 0.25) is 0 Å². The first kappa shape index (κ1) is 11.0. The third-order valence-corrected chi connectivity index (χ3v) is 4.19. The van der Waals surface area contributed by atoms with Crippen LogP contribution in [0.3, 0.4) is 0 Å². The molecule has 0 bridgehead atoms. The number of rotatable bonds is 5. The average Bonchev–Trinajstić information content (AvgIpc) is 3.01. The van der Waals surface area contributed by atoms with Gasteiger partial charge in [-0.2, -0.15) is 5.10 Å². The van der Waals surface area contributed by atoms with Crippen molar-refractivity contribution in [3.8, 4) is 0 Å². The highest BCUT2D eigenvalue weighted by Gasteiger charge is 2.28. The second kappa shape index (κ2) is 4.57. The summed E-state index contributed by atoms with van der Waals surface area (Å²) in [7, 11) is -0.730. The lowest BCUT2D eigenvalue weighted by Gasteiger charge is -2.04. The zero-order chi connectivity index (χ0) is 10.8. The normalized spacial score (nSPS) is 17.9. The van der Waals surface area contributed by atoms with Gasteiger partial charge in [0.1, 0.15) is 5.82 Å². The summed E-state index contributed by atoms with van der Waals surface area (Å²) in [6.07, 6.45) is 2.41. The Hall–Kier alpha value is -0.490. The minimum absolute atomic E-state index is 0.577. The first-order valence-electron chi connectivity index (χ1n) is 5.22. The third kappa shape index (κ3) is 2.55. The zero-order valence-electron chi connectivity index (χ0n) is 8.73. The second-order valence-corrected chi connectivity index (χ2v) is 6.00. The second-order valence-electron chi connectivity index (χ2n) is 3.75. The van der Waals surface area contributed by atoms with Crippen LogP contribution in [0.5, 0.6) is 0 Å². The highest BCUT2D eigenvalue weighted by atomic mass is 32.2. The largest absolute Gasteiger partial charge is 0.303 e. The summed E-state index contributed by atoms with van der Waals surface area (Å²) in [6, 6.07) is 0. The molecule has 0 saturated heterocycles. The van der Waals surface area contributed by atoms with Gasteiger partial charge in [-0.25, -0.2) is 0 Å². The summed E-state index contributed by atoms with van der Waals surface area (Å²) >= 11 is 5.15. The summed E-state index contributed by atoms with van der Waals surface area (Å²) in [5.74, 6) is 3.01. The van der Waals surface area contributed by atoms with Crippen molar-refractivity contribution in [2.75, 3.05) is 11.5 Å². The molecular formula is C9H15N3OS2. The Morgan fingerprint density at radius 3 is 3.00 bits per heavy atom. The van der Waals surface area contributed by atoms with Gasteiger partial charge < -0.3 is 4.57 Å². The van der Waals surface area contributed by atoms with Crippen LogP contribution in [-0.2, 0) is 17.3 Å². The molecule has 0 aliphatic heterocycles. The number of aromatic nitrogens is 3. The fourth-order valence-electron chi connectivity index (χ4n) is 1.54. The molecule has 1 unspecified atom stereocenters. The van der Waals surface area contributed by atoms with Crippen molar-refractivity contribution in [3.63, 3.8) is 0 Å². The van der Waals surface area contributed by atoms with E-state index in [0.717, 1.165) is 12.4 Å². The van der Waals surface area contributed by atoms with Crippen LogP contribution in [0.1, 0.15) is 31.5 Å². The summed E-state index contributed by atoms with van der Waals surface area (Å²) in [5, 5.41) is 7.05. The van der Waals surface area contributed by atoms with E-state index in [-0.39, 0.29) is 0 Å². The molecule has 1 aliphatic carbocycles. The maximum absolute atomic E-state index is 11.3. The van der Waals surface area contributed by atoms with Crippen LogP contribution >= 0.6 is 12.2 Å². The van der Waals surface area contributed by atoms with E-state index in [1.807, 2.05) is 11.5 Å². The molecule has 1 aromatic heterocycles. The average molecular weight is 245 g/mol. The van der Waals surface area contributed by atoms with Gasteiger partial charge in [-0.3, -0.25) is 9.31 Å². The first-order chi connectivity index (χ1) is 7.22. The van der Waals surface area contributed by atoms with Gasteiger partial charge in [-0.05, 0) is 25.1 Å². The molecule has 0 radical (unpaired) electrons. The van der Waals surface area contributed by atoms with Crippen molar-refractivity contribution in [1.29, 1.82) is 0 Å². The van der Waals surface area contributed by atoms with Crippen molar-refractivity contribution in [1.82, 2.24) is 14.8 Å². The van der Waals surface area contributed by atoms with E-state index in [2.05, 4.69) is 10.2 Å². The minimum Gasteiger partial charge on any atom is -0.303 e. The Labute approximate surface area is 96.5 Å². The Morgan fingerprint density at radius 1 is 1.67 bits per heavy atom. The van der Waals surface area contributed by atoms with Gasteiger partial charge in [0, 0.05) is 34.8 Å². The highest BCUT2D eigenvalue weighted by Crippen LogP contribution is 2.38. The molecule has 1 aromatic rings. The fourth-order valence-corrected chi connectivity index (χ4v) is 2.44. The Kier molecular flexibility index (Phi) is 3.35. The van der Waals surface area contributed by atoms with Crippen LogP contribution in [0.25, 0.3) is 0 Å². The van der Waals surface area contributed by atoms with Crippen LogP contribution in [0, 0.1) is 4.77 Å². The number of H-pyrrole nitrogens is 1. The molecule has 0 amide bonds. The van der Waals surface area contributed by atoms with Crippen molar-refractivity contribution in [2.45, 2.75) is 32.2 Å². The van der Waals surface area contributed by atoms with E-state index in [1.54, 1.807) is 0 Å². The first-order valence-corrected chi connectivity index (χ1v) is 7.12. The van der Waals surface area contributed by atoms with E-state index in [9.17, 15) is 4.21 Å². The molecule has 1 fully saturated rings. The number of aromatic amines is 1. The molecule has 84 valence electrons. The smallest absolute Gasteiger partial charge is 0.195 e. The van der Waals surface area contributed by atoms with Crippen molar-refractivity contribution >= 4 is 23.0 Å². The Balaban J connectivity index is 2.09. The van der Waals surface area contributed by atoms with E-state index in [4.69, 9.17) is 12.2 Å². The highest BCUT2D eigenvalue weighted by molar-refractivity contribution is 7.84. The summed E-state index contributed by atoms with van der Waals surface area (Å²) in [4.78, 5) is 0. The molecule has 1 N–H and O–H groups in total. The van der Waals surface area contributed by atoms with Gasteiger partial charge in [-0.1, -0.05) is 6.92 Å². The monoisotopic (exact) mass is 245 g/mol. The van der Waals surface area contributed by atoms with Crippen LogP contribution in [-0.4, -0.2) is 30.5 Å². The standard InChI is InChI=1S/C9H15N3OS2/c1-2-15(13)6-5-12-8(7-3-4-7)10-11-9(12)14/h7H,2-6H2,1H3,(H,11,14). The third-order valence-electron chi connectivity index (χ3n) is 2.59. The number of hydrogen-bond donors (Lipinski definition) is 1. The van der Waals surface area contributed by atoms with E-state index >= 15 is 0 Å².